The summed E-state index contributed by atoms with van der Waals surface area (Å²) in [5.74, 6) is 0.173. The van der Waals surface area contributed by atoms with Gasteiger partial charge in [0.1, 0.15) is 12.2 Å². The number of pyridine rings is 1. The molecule has 0 saturated carbocycles. The van der Waals surface area contributed by atoms with Gasteiger partial charge in [0.15, 0.2) is 0 Å². The van der Waals surface area contributed by atoms with Crippen LogP contribution < -0.4 is 10.6 Å². The maximum Gasteiger partial charge on any atom is 0.244 e. The Labute approximate surface area is 216 Å². The van der Waals surface area contributed by atoms with Gasteiger partial charge in [0.05, 0.1) is 35.5 Å². The average molecular weight is 516 g/mol. The van der Waals surface area contributed by atoms with Crippen LogP contribution in [0.5, 0.6) is 0 Å². The minimum atomic E-state index is -0.421. The lowest BCUT2D eigenvalue weighted by atomic mass is 10.1. The van der Waals surface area contributed by atoms with E-state index in [1.165, 1.54) is 17.1 Å². The van der Waals surface area contributed by atoms with Gasteiger partial charge in [-0.05, 0) is 53.6 Å². The van der Waals surface area contributed by atoms with Gasteiger partial charge >= 0.3 is 0 Å². The highest BCUT2D eigenvalue weighted by Crippen LogP contribution is 2.28. The highest BCUT2D eigenvalue weighted by Gasteiger charge is 2.18. The maximum atomic E-state index is 12.9. The topological polar surface area (TPSA) is 143 Å². The van der Waals surface area contributed by atoms with Gasteiger partial charge < -0.3 is 15.6 Å². The maximum absolute atomic E-state index is 12.9. The van der Waals surface area contributed by atoms with Crippen molar-refractivity contribution < 1.29 is 9.59 Å². The highest BCUT2D eigenvalue weighted by molar-refractivity contribution is 6.30. The Hall–Kier alpha value is -4.64. The molecule has 0 unspecified atom stereocenters. The van der Waals surface area contributed by atoms with E-state index in [9.17, 15) is 9.59 Å². The second-order valence-corrected chi connectivity index (χ2v) is 8.69. The number of hydrogen-bond acceptors (Lipinski definition) is 7. The van der Waals surface area contributed by atoms with Crippen molar-refractivity contribution in [2.45, 2.75) is 25.3 Å². The molecular weight excluding hydrogens is 494 g/mol. The van der Waals surface area contributed by atoms with Gasteiger partial charge in [-0.15, -0.1) is 5.10 Å². The standard InChI is InChI=1S/C25H22ClN9O2/c26-17-7-8-22(35-15-29-33-34-35)16(12-17)6-9-24(37)30-19-4-2-1-3-5-23(36)31-20-13-27-11-10-18(20)21-14-28-25(19)32-21/h1-2,6-15,19H,3-5H2,(H,28,32)(H,30,37)(H,31,36)/t19-/m0/s1. The number of anilines is 1. The second-order valence-electron chi connectivity index (χ2n) is 8.25. The first-order valence-corrected chi connectivity index (χ1v) is 11.9. The summed E-state index contributed by atoms with van der Waals surface area (Å²) in [5, 5.41) is 17.7. The SMILES string of the molecule is O=C(C=Cc1cc(Cl)ccc1-n1cnnn1)N[C@H]1CC=CCCC(=O)Nc2cnccc2-c2cnc1[nH]2. The Morgan fingerprint density at radius 2 is 2.14 bits per heavy atom. The number of aromatic nitrogens is 7. The molecule has 3 N–H and O–H groups in total. The fraction of sp³-hybridized carbons (Fsp3) is 0.160. The number of rotatable bonds is 4. The molecule has 0 fully saturated rings. The molecule has 0 aliphatic carbocycles. The van der Waals surface area contributed by atoms with E-state index in [0.717, 1.165) is 5.56 Å². The summed E-state index contributed by atoms with van der Waals surface area (Å²) in [6.45, 7) is 0. The number of hydrogen-bond donors (Lipinski definition) is 3. The van der Waals surface area contributed by atoms with Crippen molar-refractivity contribution in [2.24, 2.45) is 0 Å². The first kappa shape index (κ1) is 24.1. The molecule has 1 aromatic carbocycles. The Morgan fingerprint density at radius 1 is 1.22 bits per heavy atom. The molecule has 0 spiro atoms. The molecule has 1 aliphatic heterocycles. The Morgan fingerprint density at radius 3 is 3.00 bits per heavy atom. The average Bonchev–Trinajstić information content (AvgIpc) is 3.60. The third kappa shape index (κ3) is 5.78. The van der Waals surface area contributed by atoms with Crippen LogP contribution in [0.2, 0.25) is 5.02 Å². The molecule has 186 valence electrons. The lowest BCUT2D eigenvalue weighted by Crippen LogP contribution is -2.27. The number of imidazole rings is 1. The van der Waals surface area contributed by atoms with Crippen molar-refractivity contribution >= 4 is 35.2 Å². The molecule has 1 atom stereocenters. The van der Waals surface area contributed by atoms with Crippen LogP contribution in [0.15, 0.2) is 67.4 Å². The smallest absolute Gasteiger partial charge is 0.244 e. The summed E-state index contributed by atoms with van der Waals surface area (Å²) < 4.78 is 1.49. The lowest BCUT2D eigenvalue weighted by Gasteiger charge is -2.14. The molecule has 37 heavy (non-hydrogen) atoms. The molecule has 1 aliphatic rings. The summed E-state index contributed by atoms with van der Waals surface area (Å²) in [6.07, 6.45) is 14.7. The van der Waals surface area contributed by atoms with E-state index in [4.69, 9.17) is 11.6 Å². The minimum Gasteiger partial charge on any atom is -0.342 e. The van der Waals surface area contributed by atoms with Crippen LogP contribution in [0.1, 0.15) is 36.7 Å². The zero-order valence-electron chi connectivity index (χ0n) is 19.5. The molecule has 2 bridgehead atoms. The van der Waals surface area contributed by atoms with Crippen molar-refractivity contribution in [3.8, 4) is 16.9 Å². The highest BCUT2D eigenvalue weighted by atomic mass is 35.5. The summed E-state index contributed by atoms with van der Waals surface area (Å²) in [7, 11) is 0. The number of nitrogens with one attached hydrogen (secondary N) is 3. The van der Waals surface area contributed by atoms with Gasteiger partial charge in [-0.2, -0.15) is 4.68 Å². The Kier molecular flexibility index (Phi) is 7.13. The molecule has 0 radical (unpaired) electrons. The second kappa shape index (κ2) is 11.0. The van der Waals surface area contributed by atoms with Gasteiger partial charge in [-0.3, -0.25) is 14.6 Å². The zero-order chi connectivity index (χ0) is 25.6. The number of halogens is 1. The molecule has 5 rings (SSSR count). The number of tetrazole rings is 1. The molecule has 0 saturated heterocycles. The number of fused-ring (bicyclic) bond motifs is 4. The van der Waals surface area contributed by atoms with Crippen LogP contribution in [0, 0.1) is 0 Å². The number of aromatic amines is 1. The third-order valence-corrected chi connectivity index (χ3v) is 5.94. The number of carbonyl (C=O) groups excluding carboxylic acids is 2. The van der Waals surface area contributed by atoms with Crippen LogP contribution in [0.3, 0.4) is 0 Å². The number of carbonyl (C=O) groups is 2. The van der Waals surface area contributed by atoms with E-state index in [-0.39, 0.29) is 11.8 Å². The number of allylic oxidation sites excluding steroid dienone is 1. The number of nitrogens with zero attached hydrogens (tertiary/aromatic N) is 6. The summed E-state index contributed by atoms with van der Waals surface area (Å²) in [5.41, 5.74) is 3.41. The normalized spacial score (nSPS) is 15.8. The van der Waals surface area contributed by atoms with Crippen molar-refractivity contribution in [1.29, 1.82) is 0 Å². The van der Waals surface area contributed by atoms with E-state index < -0.39 is 6.04 Å². The zero-order valence-corrected chi connectivity index (χ0v) is 20.3. The summed E-state index contributed by atoms with van der Waals surface area (Å²) in [4.78, 5) is 37.2. The first-order chi connectivity index (χ1) is 18.1. The van der Waals surface area contributed by atoms with Gasteiger partial charge in [-0.1, -0.05) is 23.8 Å². The summed E-state index contributed by atoms with van der Waals surface area (Å²) in [6, 6.07) is 6.60. The fourth-order valence-corrected chi connectivity index (χ4v) is 4.10. The van der Waals surface area contributed by atoms with Crippen LogP contribution in [0.4, 0.5) is 5.69 Å². The van der Waals surface area contributed by atoms with Gasteiger partial charge in [-0.25, -0.2) is 4.98 Å². The molecule has 2 amide bonds. The quantitative estimate of drug-likeness (QED) is 0.278. The van der Waals surface area contributed by atoms with E-state index in [1.807, 2.05) is 12.2 Å². The predicted molar refractivity (Wildman–Crippen MR) is 138 cm³/mol. The molecule has 11 nitrogen and oxygen atoms in total. The van der Waals surface area contributed by atoms with Crippen molar-refractivity contribution in [3.63, 3.8) is 0 Å². The monoisotopic (exact) mass is 515 g/mol. The number of benzene rings is 1. The predicted octanol–water partition coefficient (Wildman–Crippen LogP) is 3.65. The van der Waals surface area contributed by atoms with Crippen molar-refractivity contribution in [1.82, 2.24) is 40.5 Å². The molecule has 4 heterocycles. The van der Waals surface area contributed by atoms with Crippen molar-refractivity contribution in [2.75, 3.05) is 5.32 Å². The number of H-pyrrole nitrogens is 1. The van der Waals surface area contributed by atoms with Crippen LogP contribution in [-0.2, 0) is 9.59 Å². The van der Waals surface area contributed by atoms with E-state index >= 15 is 0 Å². The van der Waals surface area contributed by atoms with Gasteiger partial charge in [0, 0.05) is 34.8 Å². The first-order valence-electron chi connectivity index (χ1n) is 11.5. The Bertz CT molecular complexity index is 1480. The summed E-state index contributed by atoms with van der Waals surface area (Å²) >= 11 is 6.17. The minimum absolute atomic E-state index is 0.102. The largest absolute Gasteiger partial charge is 0.342 e. The van der Waals surface area contributed by atoms with E-state index in [2.05, 4.69) is 41.1 Å². The van der Waals surface area contributed by atoms with Crippen LogP contribution in [-0.4, -0.2) is 47.0 Å². The van der Waals surface area contributed by atoms with E-state index in [1.54, 1.807) is 48.9 Å². The van der Waals surface area contributed by atoms with E-state index in [0.29, 0.717) is 52.7 Å². The fourth-order valence-electron chi connectivity index (χ4n) is 3.92. The molecule has 4 aromatic rings. The third-order valence-electron chi connectivity index (χ3n) is 5.70. The molecular formula is C25H22ClN9O2. The van der Waals surface area contributed by atoms with Crippen molar-refractivity contribution in [3.05, 3.63) is 83.8 Å². The van der Waals surface area contributed by atoms with Crippen LogP contribution >= 0.6 is 11.6 Å². The van der Waals surface area contributed by atoms with Gasteiger partial charge in [0.2, 0.25) is 11.8 Å². The molecule has 12 heteroatoms. The van der Waals surface area contributed by atoms with Gasteiger partial charge in [0.25, 0.3) is 0 Å². The number of amides is 2. The van der Waals surface area contributed by atoms with Crippen LogP contribution in [0.25, 0.3) is 23.0 Å². The Balaban J connectivity index is 1.39. The lowest BCUT2D eigenvalue weighted by molar-refractivity contribution is -0.117. The molecule has 3 aromatic heterocycles.